The van der Waals surface area contributed by atoms with E-state index in [1.807, 2.05) is 0 Å². The van der Waals surface area contributed by atoms with E-state index in [1.54, 1.807) is 0 Å². The summed E-state index contributed by atoms with van der Waals surface area (Å²) in [4.78, 5) is 0. The van der Waals surface area contributed by atoms with Crippen LogP contribution in [0.5, 0.6) is 0 Å². The zero-order chi connectivity index (χ0) is 16.1. The summed E-state index contributed by atoms with van der Waals surface area (Å²) in [7, 11) is 0. The van der Waals surface area contributed by atoms with Crippen LogP contribution in [-0.4, -0.2) is 16.0 Å². The molecule has 9 heteroatoms. The first kappa shape index (κ1) is 16.5. The molecule has 2 rings (SSSR count). The van der Waals surface area contributed by atoms with Crippen LogP contribution in [0.15, 0.2) is 39.7 Å². The number of benzene rings is 1. The molecule has 0 N–H and O–H groups in total. The van der Waals surface area contributed by atoms with Crippen LogP contribution < -0.4 is 0 Å². The predicted molar refractivity (Wildman–Crippen MR) is 69.2 cm³/mol. The van der Waals surface area contributed by atoms with Gasteiger partial charge in [-0.2, -0.15) is 8.78 Å². The van der Waals surface area contributed by atoms with Gasteiger partial charge in [0.05, 0.1) is 6.42 Å². The zero-order valence-electron chi connectivity index (χ0n) is 11.0. The molecule has 1 heterocycles. The minimum absolute atomic E-state index is 0.00425. The van der Waals surface area contributed by atoms with Crippen molar-refractivity contribution in [2.24, 2.45) is 0 Å². The molecule has 1 aromatic carbocycles. The van der Waals surface area contributed by atoms with Gasteiger partial charge in [0.25, 0.3) is 5.22 Å². The Hall–Kier alpha value is -1.90. The van der Waals surface area contributed by atoms with Gasteiger partial charge in [-0.25, -0.2) is 13.2 Å². The summed E-state index contributed by atoms with van der Waals surface area (Å²) >= 11 is 0.903. The summed E-state index contributed by atoms with van der Waals surface area (Å²) in [5.74, 6) is -2.84. The van der Waals surface area contributed by atoms with Gasteiger partial charge in [-0.05, 0) is 11.6 Å². The highest BCUT2D eigenvalue weighted by molar-refractivity contribution is 7.99. The molecule has 3 nitrogen and oxygen atoms in total. The van der Waals surface area contributed by atoms with Gasteiger partial charge in [-0.15, -0.1) is 10.2 Å². The first-order valence-corrected chi connectivity index (χ1v) is 7.03. The first-order valence-electron chi connectivity index (χ1n) is 6.04. The van der Waals surface area contributed by atoms with Gasteiger partial charge in [0.1, 0.15) is 11.6 Å². The van der Waals surface area contributed by atoms with Crippen molar-refractivity contribution in [3.05, 3.63) is 53.2 Å². The normalized spacial score (nSPS) is 10.8. The molecule has 22 heavy (non-hydrogen) atoms. The lowest BCUT2D eigenvalue weighted by Gasteiger charge is -1.99. The van der Waals surface area contributed by atoms with E-state index < -0.39 is 30.0 Å². The molecule has 0 amide bonds. The average molecular weight is 336 g/mol. The fourth-order valence-corrected chi connectivity index (χ4v) is 2.23. The number of halogens is 5. The van der Waals surface area contributed by atoms with E-state index in [4.69, 9.17) is 4.42 Å². The summed E-state index contributed by atoms with van der Waals surface area (Å²) in [6.07, 6.45) is -2.84. The predicted octanol–water partition coefficient (Wildman–Crippen LogP) is 4.50. The number of hydrogen-bond acceptors (Lipinski definition) is 4. The van der Waals surface area contributed by atoms with Crippen molar-refractivity contribution in [3.8, 4) is 0 Å². The van der Waals surface area contributed by atoms with Crippen molar-refractivity contribution in [2.45, 2.75) is 18.1 Å². The second-order valence-corrected chi connectivity index (χ2v) is 5.18. The van der Waals surface area contributed by atoms with Crippen LogP contribution in [-0.2, 0) is 6.42 Å². The van der Waals surface area contributed by atoms with E-state index in [1.165, 1.54) is 6.07 Å². The van der Waals surface area contributed by atoms with Gasteiger partial charge < -0.3 is 4.42 Å². The van der Waals surface area contributed by atoms with Crippen molar-refractivity contribution >= 4 is 11.8 Å². The fraction of sp³-hybridized carbons (Fsp3) is 0.231. The van der Waals surface area contributed by atoms with Crippen LogP contribution in [0, 0.1) is 11.6 Å². The third kappa shape index (κ3) is 4.55. The molecule has 0 aliphatic carbocycles. The van der Waals surface area contributed by atoms with Crippen molar-refractivity contribution in [1.82, 2.24) is 10.2 Å². The van der Waals surface area contributed by atoms with Crippen LogP contribution >= 0.6 is 11.8 Å². The van der Waals surface area contributed by atoms with Crippen LogP contribution in [0.3, 0.4) is 0 Å². The second kappa shape index (κ2) is 7.39. The third-order valence-corrected chi connectivity index (χ3v) is 3.38. The summed E-state index contributed by atoms with van der Waals surface area (Å²) in [5, 5.41) is 7.34. The number of nitrogens with zero attached hydrogens (tertiary/aromatic N) is 2. The lowest BCUT2D eigenvalue weighted by atomic mass is 10.1. The molecule has 0 saturated carbocycles. The van der Waals surface area contributed by atoms with Crippen LogP contribution in [0.25, 0.3) is 0 Å². The van der Waals surface area contributed by atoms with E-state index >= 15 is 0 Å². The maximum absolute atomic E-state index is 13.5. The van der Waals surface area contributed by atoms with Gasteiger partial charge in [0.2, 0.25) is 5.89 Å². The van der Waals surface area contributed by atoms with Crippen molar-refractivity contribution in [2.75, 3.05) is 5.75 Å². The standard InChI is InChI=1S/C13H9F5N2OS/c14-8-2-1-7(10(16)6-8)5-11-19-20-13(21-11)22-4-3-9(15)12(17)18/h1-2,6H,3-5H2. The highest BCUT2D eigenvalue weighted by atomic mass is 32.2. The lowest BCUT2D eigenvalue weighted by molar-refractivity contribution is 0.373. The van der Waals surface area contributed by atoms with E-state index in [9.17, 15) is 22.0 Å². The number of rotatable bonds is 6. The number of hydrogen-bond donors (Lipinski definition) is 0. The van der Waals surface area contributed by atoms with Gasteiger partial charge in [-0.1, -0.05) is 17.8 Å². The Morgan fingerprint density at radius 1 is 1.14 bits per heavy atom. The Balaban J connectivity index is 1.93. The second-order valence-electron chi connectivity index (χ2n) is 4.14. The molecule has 0 atom stereocenters. The highest BCUT2D eigenvalue weighted by Crippen LogP contribution is 2.22. The summed E-state index contributed by atoms with van der Waals surface area (Å²) in [6.45, 7) is 0. The minimum atomic E-state index is -2.35. The monoisotopic (exact) mass is 336 g/mol. The molecule has 0 unspecified atom stereocenters. The Bertz CT molecular complexity index is 685. The van der Waals surface area contributed by atoms with E-state index in [0.29, 0.717) is 0 Å². The molecule has 0 spiro atoms. The highest BCUT2D eigenvalue weighted by Gasteiger charge is 2.12. The fourth-order valence-electron chi connectivity index (χ4n) is 1.52. The van der Waals surface area contributed by atoms with Gasteiger partial charge in [0, 0.05) is 18.2 Å². The molecule has 2 aromatic rings. The molecule has 0 radical (unpaired) electrons. The summed E-state index contributed by atoms with van der Waals surface area (Å²) < 4.78 is 67.7. The minimum Gasteiger partial charge on any atom is -0.416 e. The van der Waals surface area contributed by atoms with Crippen molar-refractivity contribution in [1.29, 1.82) is 0 Å². The lowest BCUT2D eigenvalue weighted by Crippen LogP contribution is -1.93. The third-order valence-electron chi connectivity index (χ3n) is 2.56. The summed E-state index contributed by atoms with van der Waals surface area (Å²) in [5.41, 5.74) is 0.176. The smallest absolute Gasteiger partial charge is 0.301 e. The van der Waals surface area contributed by atoms with E-state index in [2.05, 4.69) is 10.2 Å². The number of allylic oxidation sites excluding steroid dienone is 1. The van der Waals surface area contributed by atoms with Crippen LogP contribution in [0.4, 0.5) is 22.0 Å². The van der Waals surface area contributed by atoms with Crippen molar-refractivity contribution in [3.63, 3.8) is 0 Å². The van der Waals surface area contributed by atoms with Crippen LogP contribution in [0.1, 0.15) is 17.9 Å². The quantitative estimate of drug-likeness (QED) is 0.575. The Labute approximate surface area is 126 Å². The SMILES string of the molecule is FC(F)=C(F)CCSc1nnc(Cc2ccc(F)cc2F)o1. The van der Waals surface area contributed by atoms with Crippen molar-refractivity contribution < 1.29 is 26.4 Å². The summed E-state index contributed by atoms with van der Waals surface area (Å²) in [6, 6.07) is 3.10. The van der Waals surface area contributed by atoms with Gasteiger partial charge >= 0.3 is 6.08 Å². The Morgan fingerprint density at radius 3 is 2.59 bits per heavy atom. The molecular formula is C13H9F5N2OS. The van der Waals surface area contributed by atoms with E-state index in [0.717, 1.165) is 23.9 Å². The van der Waals surface area contributed by atoms with E-state index in [-0.39, 0.29) is 28.9 Å². The molecular weight excluding hydrogens is 327 g/mol. The Morgan fingerprint density at radius 2 is 1.91 bits per heavy atom. The zero-order valence-corrected chi connectivity index (χ0v) is 11.8. The maximum Gasteiger partial charge on any atom is 0.301 e. The molecule has 0 saturated heterocycles. The number of aromatic nitrogens is 2. The topological polar surface area (TPSA) is 38.9 Å². The molecule has 0 bridgehead atoms. The maximum atomic E-state index is 13.5. The molecule has 1 aromatic heterocycles. The number of thioether (sulfide) groups is 1. The average Bonchev–Trinajstić information content (AvgIpc) is 2.89. The molecule has 0 aliphatic rings. The van der Waals surface area contributed by atoms with Gasteiger partial charge in [0.15, 0.2) is 5.83 Å². The first-order chi connectivity index (χ1) is 10.5. The van der Waals surface area contributed by atoms with Crippen LogP contribution in [0.2, 0.25) is 0 Å². The Kier molecular flexibility index (Phi) is 5.53. The molecule has 0 aliphatic heterocycles. The molecule has 118 valence electrons. The largest absolute Gasteiger partial charge is 0.416 e. The molecule has 0 fully saturated rings. The van der Waals surface area contributed by atoms with Gasteiger partial charge in [-0.3, -0.25) is 0 Å².